The summed E-state index contributed by atoms with van der Waals surface area (Å²) in [5.74, 6) is -11.0. The molecule has 114 valence electrons. The molecule has 0 aromatic heterocycles. The molecule has 0 aromatic rings. The van der Waals surface area contributed by atoms with E-state index < -0.39 is 47.9 Å². The van der Waals surface area contributed by atoms with Crippen molar-refractivity contribution in [3.05, 3.63) is 0 Å². The van der Waals surface area contributed by atoms with Crippen LogP contribution in [0.5, 0.6) is 0 Å². The molecule has 0 amide bonds. The second kappa shape index (κ2) is 3.97. The highest BCUT2D eigenvalue weighted by molar-refractivity contribution is 5.15. The van der Waals surface area contributed by atoms with E-state index in [1.807, 2.05) is 0 Å². The zero-order valence-corrected chi connectivity index (χ0v) is 10.5. The summed E-state index contributed by atoms with van der Waals surface area (Å²) in [5, 5.41) is 0. The van der Waals surface area contributed by atoms with Gasteiger partial charge in [0.1, 0.15) is 5.41 Å². The Kier molecular flexibility index (Phi) is 3.45. The maximum atomic E-state index is 14.1. The molecule has 0 spiro atoms. The molecule has 0 aromatic carbocycles. The summed E-state index contributed by atoms with van der Waals surface area (Å²) in [6.07, 6.45) is -7.88. The van der Waals surface area contributed by atoms with E-state index in [0.717, 1.165) is 6.92 Å². The van der Waals surface area contributed by atoms with Crippen molar-refractivity contribution >= 4 is 0 Å². The van der Waals surface area contributed by atoms with Gasteiger partial charge in [0.25, 0.3) is 5.92 Å². The molecule has 1 saturated carbocycles. The Morgan fingerprint density at radius 2 is 1.37 bits per heavy atom. The van der Waals surface area contributed by atoms with Crippen LogP contribution in [0.25, 0.3) is 0 Å². The zero-order valence-electron chi connectivity index (χ0n) is 10.5. The zero-order chi connectivity index (χ0) is 15.5. The number of hydrogen-bond donors (Lipinski definition) is 0. The molecule has 1 aliphatic carbocycles. The van der Waals surface area contributed by atoms with Gasteiger partial charge in [-0.2, -0.15) is 13.2 Å². The van der Waals surface area contributed by atoms with E-state index in [9.17, 15) is 35.1 Å². The minimum Gasteiger partial charge on any atom is -0.230 e. The van der Waals surface area contributed by atoms with E-state index in [2.05, 4.69) is 0 Å². The molecule has 0 radical (unpaired) electrons. The highest BCUT2D eigenvalue weighted by Crippen LogP contribution is 2.65. The first-order valence-corrected chi connectivity index (χ1v) is 5.61. The van der Waals surface area contributed by atoms with Gasteiger partial charge in [0.15, 0.2) is 0 Å². The van der Waals surface area contributed by atoms with Crippen molar-refractivity contribution in [2.75, 3.05) is 0 Å². The Morgan fingerprint density at radius 3 is 1.68 bits per heavy atom. The number of rotatable bonds is 1. The number of alkyl halides is 8. The molecule has 8 heteroatoms. The summed E-state index contributed by atoms with van der Waals surface area (Å²) in [4.78, 5) is 0. The smallest absolute Gasteiger partial charge is 0.230 e. The van der Waals surface area contributed by atoms with Crippen LogP contribution in [0.3, 0.4) is 0 Å². The average molecular weight is 298 g/mol. The third kappa shape index (κ3) is 2.01. The third-order valence-corrected chi connectivity index (χ3v) is 3.90. The SMILES string of the molecule is CC1CC(C)(C(F)(F)F)C(F)(F)C(F)(C(C)(F)F)C1. The second-order valence-electron chi connectivity index (χ2n) is 5.61. The molecule has 0 heterocycles. The van der Waals surface area contributed by atoms with Crippen molar-refractivity contribution in [1.82, 2.24) is 0 Å². The maximum Gasteiger partial charge on any atom is 0.400 e. The molecule has 0 N–H and O–H groups in total. The molecule has 0 nitrogen and oxygen atoms in total. The Labute approximate surface area is 105 Å². The average Bonchev–Trinajstić information content (AvgIpc) is 2.10. The summed E-state index contributed by atoms with van der Waals surface area (Å²) in [6, 6.07) is 0. The molecule has 0 aliphatic heterocycles. The van der Waals surface area contributed by atoms with Gasteiger partial charge in [-0.15, -0.1) is 0 Å². The van der Waals surface area contributed by atoms with Crippen molar-refractivity contribution in [3.63, 3.8) is 0 Å². The molecular weight excluding hydrogens is 284 g/mol. The monoisotopic (exact) mass is 298 g/mol. The Hall–Kier alpha value is -0.560. The minimum absolute atomic E-state index is 0.0999. The molecule has 19 heavy (non-hydrogen) atoms. The lowest BCUT2D eigenvalue weighted by molar-refractivity contribution is -0.373. The molecule has 0 bridgehead atoms. The summed E-state index contributed by atoms with van der Waals surface area (Å²) >= 11 is 0. The maximum absolute atomic E-state index is 14.1. The number of hydrogen-bond acceptors (Lipinski definition) is 0. The van der Waals surface area contributed by atoms with Crippen LogP contribution in [0.1, 0.15) is 33.6 Å². The Balaban J connectivity index is 3.48. The highest BCUT2D eigenvalue weighted by Gasteiger charge is 2.81. The molecule has 3 atom stereocenters. The van der Waals surface area contributed by atoms with E-state index in [1.54, 1.807) is 0 Å². The fourth-order valence-electron chi connectivity index (χ4n) is 2.69. The van der Waals surface area contributed by atoms with Gasteiger partial charge in [0.2, 0.25) is 5.67 Å². The fraction of sp³-hybridized carbons (Fsp3) is 1.00. The van der Waals surface area contributed by atoms with Gasteiger partial charge in [-0.1, -0.05) is 6.92 Å². The normalized spacial score (nSPS) is 40.3. The first-order chi connectivity index (χ1) is 8.10. The van der Waals surface area contributed by atoms with Crippen molar-refractivity contribution in [2.24, 2.45) is 11.3 Å². The third-order valence-electron chi connectivity index (χ3n) is 3.90. The Morgan fingerprint density at radius 1 is 0.947 bits per heavy atom. The van der Waals surface area contributed by atoms with E-state index >= 15 is 0 Å². The highest BCUT2D eigenvalue weighted by atomic mass is 19.4. The van der Waals surface area contributed by atoms with E-state index in [0.29, 0.717) is 0 Å². The first-order valence-electron chi connectivity index (χ1n) is 5.61. The van der Waals surface area contributed by atoms with Crippen LogP contribution >= 0.6 is 0 Å². The lowest BCUT2D eigenvalue weighted by atomic mass is 9.60. The topological polar surface area (TPSA) is 0 Å². The predicted octanol–water partition coefficient (Wildman–Crippen LogP) is 4.98. The summed E-state index contributed by atoms with van der Waals surface area (Å²) in [5.41, 5.74) is -8.33. The standard InChI is InChI=1S/C11H14F8/c1-6-4-7(2,11(17,18)19)10(15,16)9(14,5-6)8(3,12)13/h6H,4-5H2,1-3H3. The van der Waals surface area contributed by atoms with Gasteiger partial charge in [0, 0.05) is 6.92 Å². The van der Waals surface area contributed by atoms with Gasteiger partial charge in [0.05, 0.1) is 0 Å². The van der Waals surface area contributed by atoms with Gasteiger partial charge in [-0.3, -0.25) is 0 Å². The minimum atomic E-state index is -5.48. The van der Waals surface area contributed by atoms with Gasteiger partial charge in [-0.25, -0.2) is 22.0 Å². The predicted molar refractivity (Wildman–Crippen MR) is 52.0 cm³/mol. The molecule has 1 aliphatic rings. The largest absolute Gasteiger partial charge is 0.400 e. The number of halogens is 8. The van der Waals surface area contributed by atoms with Crippen LogP contribution in [0.4, 0.5) is 35.1 Å². The molecule has 1 fully saturated rings. The van der Waals surface area contributed by atoms with Crippen molar-refractivity contribution in [3.8, 4) is 0 Å². The summed E-state index contributed by atoms with van der Waals surface area (Å²) < 4.78 is 107. The molecular formula is C11H14F8. The van der Waals surface area contributed by atoms with E-state index in [1.165, 1.54) is 0 Å². The van der Waals surface area contributed by atoms with Crippen LogP contribution in [0.2, 0.25) is 0 Å². The fourth-order valence-corrected chi connectivity index (χ4v) is 2.69. The lowest BCUT2D eigenvalue weighted by Gasteiger charge is -2.52. The van der Waals surface area contributed by atoms with Crippen molar-refractivity contribution < 1.29 is 35.1 Å². The molecule has 1 rings (SSSR count). The van der Waals surface area contributed by atoms with Crippen LogP contribution in [-0.4, -0.2) is 23.7 Å². The molecule has 3 unspecified atom stereocenters. The van der Waals surface area contributed by atoms with Gasteiger partial charge < -0.3 is 0 Å². The van der Waals surface area contributed by atoms with Crippen molar-refractivity contribution in [2.45, 2.75) is 57.3 Å². The lowest BCUT2D eigenvalue weighted by Crippen LogP contribution is -2.69. The van der Waals surface area contributed by atoms with Gasteiger partial charge in [-0.05, 0) is 25.7 Å². The van der Waals surface area contributed by atoms with E-state index in [4.69, 9.17) is 0 Å². The van der Waals surface area contributed by atoms with Crippen LogP contribution in [-0.2, 0) is 0 Å². The van der Waals surface area contributed by atoms with Gasteiger partial charge >= 0.3 is 12.1 Å². The van der Waals surface area contributed by atoms with E-state index in [-0.39, 0.29) is 13.8 Å². The first kappa shape index (κ1) is 16.5. The van der Waals surface area contributed by atoms with Crippen LogP contribution < -0.4 is 0 Å². The van der Waals surface area contributed by atoms with Crippen LogP contribution in [0, 0.1) is 11.3 Å². The van der Waals surface area contributed by atoms with Crippen molar-refractivity contribution in [1.29, 1.82) is 0 Å². The van der Waals surface area contributed by atoms with Crippen LogP contribution in [0.15, 0.2) is 0 Å². The quantitative estimate of drug-likeness (QED) is 0.599. The summed E-state index contributed by atoms with van der Waals surface area (Å²) in [7, 11) is 0. The second-order valence-corrected chi connectivity index (χ2v) is 5.61. The molecule has 0 saturated heterocycles. The summed E-state index contributed by atoms with van der Waals surface area (Å²) in [6.45, 7) is 1.04. The Bertz CT molecular complexity index is 323.